The summed E-state index contributed by atoms with van der Waals surface area (Å²) >= 11 is 0. The molecule has 1 aromatic heterocycles. The van der Waals surface area contributed by atoms with Crippen LogP contribution >= 0.6 is 0 Å². The van der Waals surface area contributed by atoms with E-state index in [1.165, 1.54) is 24.0 Å². The number of rotatable bonds is 5. The maximum atomic E-state index is 12.7. The van der Waals surface area contributed by atoms with Crippen LogP contribution in [0, 0.1) is 6.92 Å². The van der Waals surface area contributed by atoms with Gasteiger partial charge in [-0.3, -0.25) is 9.48 Å². The van der Waals surface area contributed by atoms with E-state index < -0.39 is 0 Å². The molecule has 1 atom stereocenters. The summed E-state index contributed by atoms with van der Waals surface area (Å²) in [5.74, 6) is -0.0588. The van der Waals surface area contributed by atoms with E-state index in [-0.39, 0.29) is 11.3 Å². The molecule has 1 saturated heterocycles. The van der Waals surface area contributed by atoms with Gasteiger partial charge in [0.25, 0.3) is 5.91 Å². The first kappa shape index (κ1) is 18.2. The fourth-order valence-corrected chi connectivity index (χ4v) is 4.66. The highest BCUT2D eigenvalue weighted by atomic mass is 16.1. The fourth-order valence-electron chi connectivity index (χ4n) is 4.66. The number of aromatic nitrogens is 2. The van der Waals surface area contributed by atoms with Gasteiger partial charge in [0.1, 0.15) is 5.69 Å². The van der Waals surface area contributed by atoms with Gasteiger partial charge in [0.15, 0.2) is 0 Å². The standard InChI is InChI=1S/C22H30N4O/c1-17-6-4-7-18(14-17)22(10-2-3-11-22)16-24-21(27)20-9-13-26(25-20)19-8-5-12-23-15-19/h4,6-7,9,13-14,19,23H,2-3,5,8,10-12,15-16H2,1H3,(H,24,27). The Kier molecular flexibility index (Phi) is 5.30. The first-order valence-electron chi connectivity index (χ1n) is 10.3. The van der Waals surface area contributed by atoms with Crippen LogP contribution in [0.5, 0.6) is 0 Å². The molecule has 1 saturated carbocycles. The molecule has 2 fully saturated rings. The van der Waals surface area contributed by atoms with E-state index in [0.717, 1.165) is 38.8 Å². The summed E-state index contributed by atoms with van der Waals surface area (Å²) in [5.41, 5.74) is 3.24. The van der Waals surface area contributed by atoms with Crippen LogP contribution in [0.1, 0.15) is 66.2 Å². The number of carbonyl (C=O) groups is 1. The van der Waals surface area contributed by atoms with Crippen molar-refractivity contribution in [3.8, 4) is 0 Å². The molecule has 1 unspecified atom stereocenters. The molecule has 27 heavy (non-hydrogen) atoms. The molecule has 1 aliphatic heterocycles. The van der Waals surface area contributed by atoms with Crippen molar-refractivity contribution in [2.75, 3.05) is 19.6 Å². The van der Waals surface area contributed by atoms with Gasteiger partial charge in [0, 0.05) is 24.7 Å². The monoisotopic (exact) mass is 366 g/mol. The summed E-state index contributed by atoms with van der Waals surface area (Å²) in [6, 6.07) is 11.0. The van der Waals surface area contributed by atoms with Crippen LogP contribution in [-0.4, -0.2) is 35.3 Å². The van der Waals surface area contributed by atoms with Gasteiger partial charge < -0.3 is 10.6 Å². The number of hydrogen-bond donors (Lipinski definition) is 2. The van der Waals surface area contributed by atoms with Crippen LogP contribution in [0.3, 0.4) is 0 Å². The Balaban J connectivity index is 1.44. The third-order valence-electron chi connectivity index (χ3n) is 6.26. The van der Waals surface area contributed by atoms with E-state index in [2.05, 4.69) is 46.9 Å². The number of benzene rings is 1. The predicted octanol–water partition coefficient (Wildman–Crippen LogP) is 3.36. The molecule has 5 heteroatoms. The van der Waals surface area contributed by atoms with Gasteiger partial charge in [0.05, 0.1) is 6.04 Å². The SMILES string of the molecule is Cc1cccc(C2(CNC(=O)c3ccn(C4CCCNC4)n3)CCCC2)c1. The molecule has 1 aromatic carbocycles. The largest absolute Gasteiger partial charge is 0.350 e. The van der Waals surface area contributed by atoms with E-state index in [4.69, 9.17) is 0 Å². The Labute approximate surface area is 161 Å². The fraction of sp³-hybridized carbons (Fsp3) is 0.545. The Morgan fingerprint density at radius 1 is 1.30 bits per heavy atom. The summed E-state index contributed by atoms with van der Waals surface area (Å²) in [6.07, 6.45) is 8.95. The van der Waals surface area contributed by atoms with Crippen molar-refractivity contribution in [1.29, 1.82) is 0 Å². The molecule has 0 bridgehead atoms. The molecule has 1 aliphatic carbocycles. The first-order valence-corrected chi connectivity index (χ1v) is 10.3. The van der Waals surface area contributed by atoms with Gasteiger partial charge in [-0.2, -0.15) is 5.10 Å². The topological polar surface area (TPSA) is 59.0 Å². The Morgan fingerprint density at radius 2 is 2.15 bits per heavy atom. The van der Waals surface area contributed by atoms with Gasteiger partial charge >= 0.3 is 0 Å². The van der Waals surface area contributed by atoms with E-state index >= 15 is 0 Å². The third kappa shape index (κ3) is 3.93. The Bertz CT molecular complexity index is 785. The lowest BCUT2D eigenvalue weighted by Crippen LogP contribution is -2.39. The number of nitrogens with one attached hydrogen (secondary N) is 2. The summed E-state index contributed by atoms with van der Waals surface area (Å²) in [4.78, 5) is 12.7. The van der Waals surface area contributed by atoms with Gasteiger partial charge in [-0.1, -0.05) is 42.7 Å². The van der Waals surface area contributed by atoms with Crippen molar-refractivity contribution in [3.05, 3.63) is 53.3 Å². The average Bonchev–Trinajstić information content (AvgIpc) is 3.38. The molecule has 2 heterocycles. The lowest BCUT2D eigenvalue weighted by atomic mass is 9.78. The van der Waals surface area contributed by atoms with Crippen molar-refractivity contribution in [2.24, 2.45) is 0 Å². The average molecular weight is 367 g/mol. The van der Waals surface area contributed by atoms with Gasteiger partial charge in [-0.25, -0.2) is 0 Å². The zero-order valence-corrected chi connectivity index (χ0v) is 16.2. The molecule has 2 aliphatic rings. The second kappa shape index (κ2) is 7.85. The van der Waals surface area contributed by atoms with Crippen LogP contribution in [0.2, 0.25) is 0 Å². The molecular formula is C22H30N4O. The molecule has 0 radical (unpaired) electrons. The molecule has 144 valence electrons. The number of amides is 1. The summed E-state index contributed by atoms with van der Waals surface area (Å²) in [6.45, 7) is 4.83. The Morgan fingerprint density at radius 3 is 2.89 bits per heavy atom. The quantitative estimate of drug-likeness (QED) is 0.853. The van der Waals surface area contributed by atoms with E-state index in [9.17, 15) is 4.79 Å². The Hall–Kier alpha value is -2.14. The molecule has 4 rings (SSSR count). The minimum absolute atomic E-state index is 0.0588. The normalized spacial score (nSPS) is 21.9. The number of nitrogens with zero attached hydrogens (tertiary/aromatic N) is 2. The lowest BCUT2D eigenvalue weighted by molar-refractivity contribution is 0.0936. The van der Waals surface area contributed by atoms with E-state index in [0.29, 0.717) is 18.3 Å². The molecular weight excluding hydrogens is 336 g/mol. The van der Waals surface area contributed by atoms with Crippen LogP contribution < -0.4 is 10.6 Å². The van der Waals surface area contributed by atoms with Crippen molar-refractivity contribution in [3.63, 3.8) is 0 Å². The second-order valence-corrected chi connectivity index (χ2v) is 8.22. The molecule has 2 aromatic rings. The van der Waals surface area contributed by atoms with Crippen LogP contribution in [0.4, 0.5) is 0 Å². The minimum Gasteiger partial charge on any atom is -0.350 e. The zero-order chi connectivity index (χ0) is 18.7. The van der Waals surface area contributed by atoms with Gasteiger partial charge in [0.2, 0.25) is 0 Å². The van der Waals surface area contributed by atoms with Gasteiger partial charge in [-0.15, -0.1) is 0 Å². The summed E-state index contributed by atoms with van der Waals surface area (Å²) in [7, 11) is 0. The highest BCUT2D eigenvalue weighted by Crippen LogP contribution is 2.40. The number of carbonyl (C=O) groups excluding carboxylic acids is 1. The van der Waals surface area contributed by atoms with E-state index in [1.54, 1.807) is 0 Å². The van der Waals surface area contributed by atoms with Crippen LogP contribution in [-0.2, 0) is 5.41 Å². The van der Waals surface area contributed by atoms with Gasteiger partial charge in [-0.05, 0) is 50.8 Å². The number of hydrogen-bond acceptors (Lipinski definition) is 3. The van der Waals surface area contributed by atoms with Crippen molar-refractivity contribution in [2.45, 2.75) is 56.9 Å². The third-order valence-corrected chi connectivity index (χ3v) is 6.26. The van der Waals surface area contributed by atoms with Crippen molar-refractivity contribution >= 4 is 5.91 Å². The van der Waals surface area contributed by atoms with Crippen molar-refractivity contribution in [1.82, 2.24) is 20.4 Å². The summed E-state index contributed by atoms with van der Waals surface area (Å²) < 4.78 is 1.95. The lowest BCUT2D eigenvalue weighted by Gasteiger charge is -2.30. The summed E-state index contributed by atoms with van der Waals surface area (Å²) in [5, 5.41) is 11.1. The highest BCUT2D eigenvalue weighted by molar-refractivity contribution is 5.92. The molecule has 0 spiro atoms. The molecule has 1 amide bonds. The zero-order valence-electron chi connectivity index (χ0n) is 16.2. The number of aryl methyl sites for hydroxylation is 1. The maximum Gasteiger partial charge on any atom is 0.271 e. The second-order valence-electron chi connectivity index (χ2n) is 8.22. The van der Waals surface area contributed by atoms with Crippen LogP contribution in [0.25, 0.3) is 0 Å². The predicted molar refractivity (Wildman–Crippen MR) is 107 cm³/mol. The van der Waals surface area contributed by atoms with E-state index in [1.807, 2.05) is 16.9 Å². The molecule has 2 N–H and O–H groups in total. The van der Waals surface area contributed by atoms with Crippen LogP contribution in [0.15, 0.2) is 36.5 Å². The smallest absolute Gasteiger partial charge is 0.271 e. The van der Waals surface area contributed by atoms with Crippen molar-refractivity contribution < 1.29 is 4.79 Å². The number of piperidine rings is 1. The molecule has 5 nitrogen and oxygen atoms in total. The minimum atomic E-state index is -0.0588. The highest BCUT2D eigenvalue weighted by Gasteiger charge is 2.36. The maximum absolute atomic E-state index is 12.7. The first-order chi connectivity index (χ1) is 13.2.